The highest BCUT2D eigenvalue weighted by Crippen LogP contribution is 2.24. The Balaban J connectivity index is 1.54. The number of rotatable bonds is 9. The second-order valence-electron chi connectivity index (χ2n) is 7.77. The topological polar surface area (TPSA) is 69.0 Å². The van der Waals surface area contributed by atoms with Crippen LogP contribution >= 0.6 is 11.8 Å². The number of anilines is 1. The largest absolute Gasteiger partial charge is 0.483 e. The molecule has 1 aromatic heterocycles. The number of aryl methyl sites for hydroxylation is 1. The third-order valence-electron chi connectivity index (χ3n) is 5.07. The summed E-state index contributed by atoms with van der Waals surface area (Å²) in [5.41, 5.74) is 3.31. The Labute approximate surface area is 188 Å². The summed E-state index contributed by atoms with van der Waals surface area (Å²) < 4.78 is 7.89. The van der Waals surface area contributed by atoms with Gasteiger partial charge in [0.1, 0.15) is 5.75 Å². The molecule has 3 rings (SSSR count). The van der Waals surface area contributed by atoms with Crippen LogP contribution < -0.4 is 10.1 Å². The predicted octanol–water partition coefficient (Wildman–Crippen LogP) is 5.37. The van der Waals surface area contributed by atoms with Crippen LogP contribution in [0.4, 0.5) is 5.69 Å². The van der Waals surface area contributed by atoms with Gasteiger partial charge in [-0.1, -0.05) is 56.8 Å². The average Bonchev–Trinajstić information content (AvgIpc) is 3.13. The van der Waals surface area contributed by atoms with E-state index < -0.39 is 0 Å². The minimum absolute atomic E-state index is 0.0767. The van der Waals surface area contributed by atoms with E-state index in [1.54, 1.807) is 0 Å². The highest BCUT2D eigenvalue weighted by molar-refractivity contribution is 7.99. The Hall–Kier alpha value is -2.80. The zero-order valence-corrected chi connectivity index (χ0v) is 19.6. The van der Waals surface area contributed by atoms with E-state index in [9.17, 15) is 4.79 Å². The molecule has 0 unspecified atom stereocenters. The second-order valence-corrected chi connectivity index (χ2v) is 8.71. The molecule has 31 heavy (non-hydrogen) atoms. The van der Waals surface area contributed by atoms with Gasteiger partial charge in [-0.25, -0.2) is 0 Å². The Morgan fingerprint density at radius 2 is 1.74 bits per heavy atom. The summed E-state index contributed by atoms with van der Waals surface area (Å²) in [7, 11) is 1.89. The fraction of sp³-hybridized carbons (Fsp3) is 0.375. The summed E-state index contributed by atoms with van der Waals surface area (Å²) in [6.07, 6.45) is 0.740. The van der Waals surface area contributed by atoms with Crippen LogP contribution in [0, 0.1) is 0 Å². The third kappa shape index (κ3) is 6.10. The number of amides is 1. The van der Waals surface area contributed by atoms with Crippen molar-refractivity contribution < 1.29 is 9.53 Å². The standard InChI is InChI=1S/C24H30N4O2S/c1-6-18-7-13-21(14-8-18)30-17(4)23-26-27-24(28(23)5)31-15-22(29)25-20-11-9-19(10-12-20)16(2)3/h7-14,16-17H,6,15H2,1-5H3,(H,25,29)/t17-/m0/s1. The maximum absolute atomic E-state index is 12.3. The molecule has 0 spiro atoms. The SMILES string of the molecule is CCc1ccc(O[C@@H](C)c2nnc(SCC(=O)Nc3ccc(C(C)C)cc3)n2C)cc1. The van der Waals surface area contributed by atoms with Crippen LogP contribution in [0.3, 0.4) is 0 Å². The van der Waals surface area contributed by atoms with E-state index in [1.165, 1.54) is 22.9 Å². The van der Waals surface area contributed by atoms with Gasteiger partial charge in [0, 0.05) is 12.7 Å². The smallest absolute Gasteiger partial charge is 0.234 e. The molecule has 0 fully saturated rings. The predicted molar refractivity (Wildman–Crippen MR) is 126 cm³/mol. The van der Waals surface area contributed by atoms with Crippen LogP contribution in [0.15, 0.2) is 53.7 Å². The first kappa shape index (κ1) is 22.9. The molecule has 0 aliphatic rings. The van der Waals surface area contributed by atoms with Crippen molar-refractivity contribution in [2.45, 2.75) is 51.3 Å². The Bertz CT molecular complexity index is 997. The molecule has 0 saturated carbocycles. The first-order valence-electron chi connectivity index (χ1n) is 10.5. The van der Waals surface area contributed by atoms with Crippen LogP contribution in [-0.2, 0) is 18.3 Å². The molecule has 1 N–H and O–H groups in total. The number of nitrogens with one attached hydrogen (secondary N) is 1. The van der Waals surface area contributed by atoms with Crippen molar-refractivity contribution in [2.24, 2.45) is 7.05 Å². The van der Waals surface area contributed by atoms with E-state index >= 15 is 0 Å². The van der Waals surface area contributed by atoms with Gasteiger partial charge in [-0.05, 0) is 54.7 Å². The highest BCUT2D eigenvalue weighted by Gasteiger charge is 2.18. The number of benzene rings is 2. The van der Waals surface area contributed by atoms with Crippen LogP contribution in [0.1, 0.15) is 56.7 Å². The molecular weight excluding hydrogens is 408 g/mol. The molecule has 0 bridgehead atoms. The molecule has 3 aromatic rings. The summed E-state index contributed by atoms with van der Waals surface area (Å²) >= 11 is 1.35. The number of hydrogen-bond acceptors (Lipinski definition) is 5. The number of carbonyl (C=O) groups excluding carboxylic acids is 1. The molecule has 0 aliphatic heterocycles. The lowest BCUT2D eigenvalue weighted by molar-refractivity contribution is -0.113. The highest BCUT2D eigenvalue weighted by atomic mass is 32.2. The quantitative estimate of drug-likeness (QED) is 0.455. The number of carbonyl (C=O) groups is 1. The number of hydrogen-bond donors (Lipinski definition) is 1. The van der Waals surface area contributed by atoms with Crippen molar-refractivity contribution >= 4 is 23.4 Å². The molecule has 2 aromatic carbocycles. The van der Waals surface area contributed by atoms with E-state index in [2.05, 4.69) is 48.4 Å². The Morgan fingerprint density at radius 3 is 2.35 bits per heavy atom. The van der Waals surface area contributed by atoms with Crippen LogP contribution in [0.5, 0.6) is 5.75 Å². The Morgan fingerprint density at radius 1 is 1.06 bits per heavy atom. The van der Waals surface area contributed by atoms with E-state index in [1.807, 2.05) is 54.9 Å². The molecule has 1 atom stereocenters. The van der Waals surface area contributed by atoms with Crippen molar-refractivity contribution in [1.82, 2.24) is 14.8 Å². The van der Waals surface area contributed by atoms with Crippen molar-refractivity contribution in [3.05, 3.63) is 65.5 Å². The third-order valence-corrected chi connectivity index (χ3v) is 6.09. The van der Waals surface area contributed by atoms with Gasteiger partial charge in [0.2, 0.25) is 5.91 Å². The molecule has 0 saturated heterocycles. The average molecular weight is 439 g/mol. The minimum atomic E-state index is -0.257. The van der Waals surface area contributed by atoms with Crippen molar-refractivity contribution in [2.75, 3.05) is 11.1 Å². The second kappa shape index (κ2) is 10.5. The fourth-order valence-electron chi connectivity index (χ4n) is 3.14. The van der Waals surface area contributed by atoms with Gasteiger partial charge in [-0.2, -0.15) is 0 Å². The van der Waals surface area contributed by atoms with Crippen LogP contribution in [0.2, 0.25) is 0 Å². The van der Waals surface area contributed by atoms with Gasteiger partial charge >= 0.3 is 0 Å². The molecule has 1 heterocycles. The van der Waals surface area contributed by atoms with E-state index in [4.69, 9.17) is 4.74 Å². The summed E-state index contributed by atoms with van der Waals surface area (Å²) in [5, 5.41) is 12.1. The summed E-state index contributed by atoms with van der Waals surface area (Å²) in [6.45, 7) is 8.36. The van der Waals surface area contributed by atoms with Gasteiger partial charge in [0.15, 0.2) is 17.1 Å². The molecule has 7 heteroatoms. The van der Waals surface area contributed by atoms with Crippen molar-refractivity contribution in [3.8, 4) is 5.75 Å². The molecule has 0 aliphatic carbocycles. The van der Waals surface area contributed by atoms with Crippen LogP contribution in [-0.4, -0.2) is 26.4 Å². The maximum Gasteiger partial charge on any atom is 0.234 e. The monoisotopic (exact) mass is 438 g/mol. The van der Waals surface area contributed by atoms with Crippen molar-refractivity contribution in [3.63, 3.8) is 0 Å². The lowest BCUT2D eigenvalue weighted by Crippen LogP contribution is -2.15. The number of nitrogens with zero attached hydrogens (tertiary/aromatic N) is 3. The van der Waals surface area contributed by atoms with Gasteiger partial charge < -0.3 is 14.6 Å². The number of ether oxygens (including phenoxy) is 1. The fourth-order valence-corrected chi connectivity index (χ4v) is 3.86. The van der Waals surface area contributed by atoms with E-state index in [0.717, 1.165) is 17.9 Å². The maximum atomic E-state index is 12.3. The zero-order valence-electron chi connectivity index (χ0n) is 18.8. The number of aromatic nitrogens is 3. The normalized spacial score (nSPS) is 12.1. The summed E-state index contributed by atoms with van der Waals surface area (Å²) in [5.74, 6) is 2.15. The minimum Gasteiger partial charge on any atom is -0.483 e. The first-order chi connectivity index (χ1) is 14.9. The van der Waals surface area contributed by atoms with Gasteiger partial charge in [0.05, 0.1) is 5.75 Å². The molecule has 6 nitrogen and oxygen atoms in total. The van der Waals surface area contributed by atoms with Crippen LogP contribution in [0.25, 0.3) is 0 Å². The molecule has 164 valence electrons. The lowest BCUT2D eigenvalue weighted by Gasteiger charge is -2.14. The molecule has 0 radical (unpaired) electrons. The molecule has 1 amide bonds. The first-order valence-corrected chi connectivity index (χ1v) is 11.5. The Kier molecular flexibility index (Phi) is 7.74. The van der Waals surface area contributed by atoms with Gasteiger partial charge in [-0.3, -0.25) is 4.79 Å². The zero-order chi connectivity index (χ0) is 22.4. The lowest BCUT2D eigenvalue weighted by atomic mass is 10.0. The van der Waals surface area contributed by atoms with E-state index in [0.29, 0.717) is 16.9 Å². The van der Waals surface area contributed by atoms with Crippen molar-refractivity contribution in [1.29, 1.82) is 0 Å². The number of thioether (sulfide) groups is 1. The van der Waals surface area contributed by atoms with E-state index in [-0.39, 0.29) is 17.8 Å². The molecular formula is C24H30N4O2S. The van der Waals surface area contributed by atoms with Gasteiger partial charge in [0.25, 0.3) is 0 Å². The van der Waals surface area contributed by atoms with Gasteiger partial charge in [-0.15, -0.1) is 10.2 Å². The summed E-state index contributed by atoms with van der Waals surface area (Å²) in [6, 6.07) is 16.0. The summed E-state index contributed by atoms with van der Waals surface area (Å²) in [4.78, 5) is 12.3.